The zero-order chi connectivity index (χ0) is 21.0. The van der Waals surface area contributed by atoms with Crippen molar-refractivity contribution in [3.05, 3.63) is 121 Å². The summed E-state index contributed by atoms with van der Waals surface area (Å²) in [4.78, 5) is 0.121. The molecule has 0 aromatic heterocycles. The van der Waals surface area contributed by atoms with Gasteiger partial charge in [0, 0.05) is 10.7 Å². The summed E-state index contributed by atoms with van der Waals surface area (Å²) in [5, 5.41) is 3.87. The molecule has 0 bridgehead atoms. The van der Waals surface area contributed by atoms with Gasteiger partial charge in [-0.1, -0.05) is 66.7 Å². The van der Waals surface area contributed by atoms with Gasteiger partial charge in [-0.25, -0.2) is 8.42 Å². The van der Waals surface area contributed by atoms with Gasteiger partial charge >= 0.3 is 0 Å². The lowest BCUT2D eigenvalue weighted by Crippen LogP contribution is -3.00. The third-order valence-electron chi connectivity index (χ3n) is 5.22. The molecule has 0 aliphatic heterocycles. The molecule has 2 nitrogen and oxygen atoms in total. The van der Waals surface area contributed by atoms with E-state index in [-0.39, 0.29) is 21.9 Å². The van der Waals surface area contributed by atoms with Crippen LogP contribution in [0, 0.1) is 0 Å². The predicted octanol–water partition coefficient (Wildman–Crippen LogP) is 2.11. The Kier molecular flexibility index (Phi) is 7.72. The molecule has 0 fully saturated rings. The number of hydrogen-bond donors (Lipinski definition) is 0. The SMILES string of the molecule is O=S(=O)(Cl)c1ccc(C[P+](c2ccccc2)(c2ccccc2)c2ccccc2)cc1.[Br-]. The van der Waals surface area contributed by atoms with E-state index in [0.717, 1.165) is 11.7 Å². The maximum Gasteiger partial charge on any atom is 0.261 e. The van der Waals surface area contributed by atoms with Gasteiger partial charge < -0.3 is 17.0 Å². The third kappa shape index (κ3) is 5.10. The first-order valence-corrected chi connectivity index (χ1v) is 13.9. The van der Waals surface area contributed by atoms with Gasteiger partial charge in [0.2, 0.25) is 0 Å². The second-order valence-electron chi connectivity index (χ2n) is 7.06. The van der Waals surface area contributed by atoms with Crippen LogP contribution < -0.4 is 32.9 Å². The fraction of sp³-hybridized carbons (Fsp3) is 0.0400. The summed E-state index contributed by atoms with van der Waals surface area (Å²) in [6.45, 7) is 0. The van der Waals surface area contributed by atoms with Gasteiger partial charge in [-0.15, -0.1) is 0 Å². The van der Waals surface area contributed by atoms with Crippen LogP contribution in [0.2, 0.25) is 0 Å². The van der Waals surface area contributed by atoms with Crippen molar-refractivity contribution >= 4 is 42.9 Å². The van der Waals surface area contributed by atoms with Crippen LogP contribution in [0.5, 0.6) is 0 Å². The number of halogens is 2. The van der Waals surface area contributed by atoms with Crippen molar-refractivity contribution in [2.75, 3.05) is 0 Å². The lowest BCUT2D eigenvalue weighted by atomic mass is 10.2. The highest BCUT2D eigenvalue weighted by atomic mass is 79.9. The summed E-state index contributed by atoms with van der Waals surface area (Å²) in [5.74, 6) is 0. The molecule has 0 heterocycles. The van der Waals surface area contributed by atoms with Gasteiger partial charge in [0.1, 0.15) is 23.2 Å². The van der Waals surface area contributed by atoms with E-state index in [1.165, 1.54) is 15.9 Å². The summed E-state index contributed by atoms with van der Waals surface area (Å²) in [6, 6.07) is 38.7. The second kappa shape index (κ2) is 10.1. The molecule has 158 valence electrons. The smallest absolute Gasteiger partial charge is 0.261 e. The van der Waals surface area contributed by atoms with Gasteiger partial charge in [-0.2, -0.15) is 0 Å². The Morgan fingerprint density at radius 2 is 0.935 bits per heavy atom. The van der Waals surface area contributed by atoms with Crippen LogP contribution in [0.1, 0.15) is 5.56 Å². The van der Waals surface area contributed by atoms with E-state index in [9.17, 15) is 8.42 Å². The molecule has 0 radical (unpaired) electrons. The van der Waals surface area contributed by atoms with E-state index >= 15 is 0 Å². The first kappa shape index (κ1) is 23.7. The van der Waals surface area contributed by atoms with E-state index in [0.29, 0.717) is 0 Å². The Hall–Kier alpha value is -1.97. The molecule has 31 heavy (non-hydrogen) atoms. The van der Waals surface area contributed by atoms with Crippen molar-refractivity contribution < 1.29 is 25.4 Å². The predicted molar refractivity (Wildman–Crippen MR) is 128 cm³/mol. The first-order chi connectivity index (χ1) is 14.5. The molecule has 4 rings (SSSR count). The summed E-state index contributed by atoms with van der Waals surface area (Å²) < 4.78 is 23.3. The Morgan fingerprint density at radius 1 is 0.581 bits per heavy atom. The lowest BCUT2D eigenvalue weighted by molar-refractivity contribution is -0.00000806. The number of benzene rings is 4. The van der Waals surface area contributed by atoms with E-state index < -0.39 is 16.3 Å². The largest absolute Gasteiger partial charge is 1.00 e. The van der Waals surface area contributed by atoms with Gasteiger partial charge in [0.15, 0.2) is 0 Å². The fourth-order valence-corrected chi connectivity index (χ4v) is 8.81. The van der Waals surface area contributed by atoms with Crippen molar-refractivity contribution in [2.45, 2.75) is 11.1 Å². The van der Waals surface area contributed by atoms with Crippen LogP contribution >= 0.6 is 17.9 Å². The maximum absolute atomic E-state index is 11.7. The maximum atomic E-state index is 11.7. The third-order valence-corrected chi connectivity index (χ3v) is 11.0. The molecule has 0 saturated carbocycles. The Balaban J connectivity index is 0.00000272. The molecule has 0 unspecified atom stereocenters. The highest BCUT2D eigenvalue weighted by Gasteiger charge is 2.45. The van der Waals surface area contributed by atoms with Gasteiger partial charge in [0.05, 0.1) is 11.1 Å². The van der Waals surface area contributed by atoms with Crippen LogP contribution in [-0.4, -0.2) is 8.42 Å². The summed E-state index contributed by atoms with van der Waals surface area (Å²) in [7, 11) is -0.241. The standard InChI is InChI=1S/C25H21ClO2PS.BrH/c26-30(27,28)25-18-16-21(17-19-25)20-29(22-10-4-1-5-11-22,23-12-6-2-7-13-23)24-14-8-3-9-15-24;/h1-19H,20H2;1H/q+1;/p-1. The van der Waals surface area contributed by atoms with E-state index in [1.54, 1.807) is 12.1 Å². The van der Waals surface area contributed by atoms with Gasteiger partial charge in [-0.05, 0) is 54.1 Å². The van der Waals surface area contributed by atoms with Crippen LogP contribution in [0.4, 0.5) is 0 Å². The zero-order valence-corrected chi connectivity index (χ0v) is 20.7. The van der Waals surface area contributed by atoms with E-state index in [2.05, 4.69) is 72.8 Å². The average molecular weight is 532 g/mol. The molecular weight excluding hydrogens is 511 g/mol. The molecule has 4 aromatic rings. The minimum Gasteiger partial charge on any atom is -1.00 e. The van der Waals surface area contributed by atoms with Crippen LogP contribution in [-0.2, 0) is 15.2 Å². The molecule has 0 aliphatic rings. The van der Waals surface area contributed by atoms with E-state index in [4.69, 9.17) is 10.7 Å². The van der Waals surface area contributed by atoms with E-state index in [1.807, 2.05) is 30.3 Å². The molecule has 0 saturated heterocycles. The minimum atomic E-state index is -3.74. The Morgan fingerprint density at radius 3 is 1.26 bits per heavy atom. The van der Waals surface area contributed by atoms with Crippen LogP contribution in [0.3, 0.4) is 0 Å². The van der Waals surface area contributed by atoms with Crippen molar-refractivity contribution in [2.24, 2.45) is 0 Å². The monoisotopic (exact) mass is 530 g/mol. The highest BCUT2D eigenvalue weighted by molar-refractivity contribution is 8.13. The zero-order valence-electron chi connectivity index (χ0n) is 16.6. The lowest BCUT2D eigenvalue weighted by Gasteiger charge is -2.27. The summed E-state index contributed by atoms with van der Waals surface area (Å²) >= 11 is 0. The summed E-state index contributed by atoms with van der Waals surface area (Å²) in [5.41, 5.74) is 1.07. The van der Waals surface area contributed by atoms with Crippen molar-refractivity contribution in [1.29, 1.82) is 0 Å². The average Bonchev–Trinajstić information content (AvgIpc) is 2.79. The topological polar surface area (TPSA) is 34.1 Å². The molecule has 0 atom stereocenters. The molecule has 0 N–H and O–H groups in total. The Bertz CT molecular complexity index is 1120. The van der Waals surface area contributed by atoms with Crippen LogP contribution in [0.25, 0.3) is 0 Å². The molecule has 0 aliphatic carbocycles. The molecule has 0 amide bonds. The normalized spacial score (nSPS) is 11.5. The van der Waals surface area contributed by atoms with Crippen molar-refractivity contribution in [1.82, 2.24) is 0 Å². The summed E-state index contributed by atoms with van der Waals surface area (Å²) in [6.07, 6.45) is 0.785. The molecule has 0 spiro atoms. The number of hydrogen-bond acceptors (Lipinski definition) is 2. The number of rotatable bonds is 6. The quantitative estimate of drug-likeness (QED) is 0.282. The molecular formula is C25H21BrClO2PS. The second-order valence-corrected chi connectivity index (χ2v) is 13.1. The molecule has 4 aromatic carbocycles. The van der Waals surface area contributed by atoms with Crippen LogP contribution in [0.15, 0.2) is 120 Å². The first-order valence-electron chi connectivity index (χ1n) is 9.59. The molecule has 6 heteroatoms. The van der Waals surface area contributed by atoms with Crippen molar-refractivity contribution in [3.8, 4) is 0 Å². The highest BCUT2D eigenvalue weighted by Crippen LogP contribution is 2.58. The van der Waals surface area contributed by atoms with Gasteiger partial charge in [0.25, 0.3) is 9.05 Å². The van der Waals surface area contributed by atoms with Crippen molar-refractivity contribution in [3.63, 3.8) is 0 Å². The van der Waals surface area contributed by atoms with Gasteiger partial charge in [-0.3, -0.25) is 0 Å². The fourth-order valence-electron chi connectivity index (χ4n) is 3.80. The Labute approximate surface area is 199 Å². The minimum absolute atomic E-state index is 0.